The summed E-state index contributed by atoms with van der Waals surface area (Å²) in [7, 11) is -0.786. The standard InChI is InChI=1S/C12H13Cl2N5O2S/c1-19(2)22(20,21)18-12-4-3-11(16-17-12)15-10-6-8(13)5-9(14)7-10/h3-7H,1-2H3,(H,15,16)(H,17,18). The molecule has 0 atom stereocenters. The molecule has 0 aliphatic carbocycles. The van der Waals surface area contributed by atoms with Gasteiger partial charge in [-0.1, -0.05) is 23.2 Å². The van der Waals surface area contributed by atoms with E-state index in [2.05, 4.69) is 20.2 Å². The monoisotopic (exact) mass is 361 g/mol. The third-order valence-electron chi connectivity index (χ3n) is 2.51. The highest BCUT2D eigenvalue weighted by Crippen LogP contribution is 2.24. The van der Waals surface area contributed by atoms with Crippen molar-refractivity contribution in [3.05, 3.63) is 40.4 Å². The first-order valence-corrected chi connectivity index (χ1v) is 8.23. The molecule has 0 bridgehead atoms. The molecule has 1 aromatic heterocycles. The number of nitrogens with zero attached hydrogens (tertiary/aromatic N) is 3. The lowest BCUT2D eigenvalue weighted by molar-refractivity contribution is 0.526. The van der Waals surface area contributed by atoms with E-state index in [1.807, 2.05) is 0 Å². The normalized spacial score (nSPS) is 11.5. The van der Waals surface area contributed by atoms with Crippen molar-refractivity contribution in [1.82, 2.24) is 14.5 Å². The molecule has 0 aliphatic heterocycles. The SMILES string of the molecule is CN(C)S(=O)(=O)Nc1ccc(Nc2cc(Cl)cc(Cl)c2)nn1. The second-order valence-electron chi connectivity index (χ2n) is 4.48. The van der Waals surface area contributed by atoms with Gasteiger partial charge in [-0.05, 0) is 30.3 Å². The highest BCUT2D eigenvalue weighted by Gasteiger charge is 2.13. The zero-order valence-electron chi connectivity index (χ0n) is 11.7. The Morgan fingerprint density at radius 2 is 1.55 bits per heavy atom. The van der Waals surface area contributed by atoms with Crippen molar-refractivity contribution < 1.29 is 8.42 Å². The van der Waals surface area contributed by atoms with Crippen molar-refractivity contribution in [3.63, 3.8) is 0 Å². The second kappa shape index (κ2) is 6.66. The largest absolute Gasteiger partial charge is 0.339 e. The first kappa shape index (κ1) is 16.8. The van der Waals surface area contributed by atoms with Gasteiger partial charge in [0.25, 0.3) is 0 Å². The van der Waals surface area contributed by atoms with Crippen LogP contribution in [0.1, 0.15) is 0 Å². The van der Waals surface area contributed by atoms with Crippen molar-refractivity contribution in [2.24, 2.45) is 0 Å². The number of aromatic nitrogens is 2. The summed E-state index contributed by atoms with van der Waals surface area (Å²) >= 11 is 11.8. The average molecular weight is 362 g/mol. The topological polar surface area (TPSA) is 87.2 Å². The smallest absolute Gasteiger partial charge is 0.302 e. The highest BCUT2D eigenvalue weighted by molar-refractivity contribution is 7.90. The van der Waals surface area contributed by atoms with E-state index in [1.165, 1.54) is 20.2 Å². The van der Waals surface area contributed by atoms with Crippen molar-refractivity contribution in [2.45, 2.75) is 0 Å². The van der Waals surface area contributed by atoms with Gasteiger partial charge in [-0.25, -0.2) is 0 Å². The van der Waals surface area contributed by atoms with E-state index < -0.39 is 10.2 Å². The van der Waals surface area contributed by atoms with Crippen molar-refractivity contribution in [1.29, 1.82) is 0 Å². The van der Waals surface area contributed by atoms with Gasteiger partial charge in [-0.15, -0.1) is 10.2 Å². The van der Waals surface area contributed by atoms with E-state index in [0.717, 1.165) is 4.31 Å². The number of benzene rings is 1. The Morgan fingerprint density at radius 3 is 2.05 bits per heavy atom. The van der Waals surface area contributed by atoms with E-state index in [1.54, 1.807) is 24.3 Å². The Morgan fingerprint density at radius 1 is 1.00 bits per heavy atom. The average Bonchev–Trinajstić information content (AvgIpc) is 2.39. The first-order chi connectivity index (χ1) is 10.3. The molecule has 2 aromatic rings. The summed E-state index contributed by atoms with van der Waals surface area (Å²) in [5, 5.41) is 11.6. The lowest BCUT2D eigenvalue weighted by Gasteiger charge is -2.12. The molecule has 22 heavy (non-hydrogen) atoms. The van der Waals surface area contributed by atoms with Crippen LogP contribution in [-0.4, -0.2) is 37.0 Å². The Kier molecular flexibility index (Phi) is 5.07. The van der Waals surface area contributed by atoms with Gasteiger partial charge in [-0.2, -0.15) is 12.7 Å². The van der Waals surface area contributed by atoms with Crippen LogP contribution in [0.4, 0.5) is 17.3 Å². The van der Waals surface area contributed by atoms with E-state index in [9.17, 15) is 8.42 Å². The minimum Gasteiger partial charge on any atom is -0.339 e. The maximum absolute atomic E-state index is 11.7. The fourth-order valence-corrected chi connectivity index (χ4v) is 2.53. The van der Waals surface area contributed by atoms with Gasteiger partial charge in [0.2, 0.25) is 0 Å². The van der Waals surface area contributed by atoms with Crippen LogP contribution >= 0.6 is 23.2 Å². The van der Waals surface area contributed by atoms with Crippen LogP contribution in [0.2, 0.25) is 10.0 Å². The Labute approximate surface area is 138 Å². The second-order valence-corrected chi connectivity index (χ2v) is 7.23. The molecular formula is C12H13Cl2N5O2S. The molecule has 10 heteroatoms. The molecule has 1 heterocycles. The summed E-state index contributed by atoms with van der Waals surface area (Å²) in [5.41, 5.74) is 0.647. The predicted octanol–water partition coefficient (Wildman–Crippen LogP) is 2.75. The molecule has 1 aromatic carbocycles. The summed E-state index contributed by atoms with van der Waals surface area (Å²) < 4.78 is 26.6. The van der Waals surface area contributed by atoms with Crippen LogP contribution in [0.5, 0.6) is 0 Å². The number of halogens is 2. The van der Waals surface area contributed by atoms with Gasteiger partial charge < -0.3 is 5.32 Å². The molecule has 0 saturated heterocycles. The molecule has 0 spiro atoms. The van der Waals surface area contributed by atoms with Gasteiger partial charge >= 0.3 is 10.2 Å². The Hall–Kier alpha value is -1.61. The van der Waals surface area contributed by atoms with Crippen molar-refractivity contribution in [2.75, 3.05) is 24.1 Å². The molecule has 0 fully saturated rings. The lowest BCUT2D eigenvalue weighted by atomic mass is 10.3. The fraction of sp³-hybridized carbons (Fsp3) is 0.167. The summed E-state index contributed by atoms with van der Waals surface area (Å²) in [6.45, 7) is 0. The molecule has 118 valence electrons. The van der Waals surface area contributed by atoms with Gasteiger partial charge in [0.15, 0.2) is 11.6 Å². The third-order valence-corrected chi connectivity index (χ3v) is 4.38. The molecule has 0 saturated carbocycles. The van der Waals surface area contributed by atoms with Gasteiger partial charge in [0.05, 0.1) is 0 Å². The first-order valence-electron chi connectivity index (χ1n) is 6.03. The van der Waals surface area contributed by atoms with E-state index in [4.69, 9.17) is 23.2 Å². The minimum atomic E-state index is -3.61. The quantitative estimate of drug-likeness (QED) is 0.854. The number of hydrogen-bond donors (Lipinski definition) is 2. The minimum absolute atomic E-state index is 0.114. The number of nitrogens with one attached hydrogen (secondary N) is 2. The van der Waals surface area contributed by atoms with E-state index in [-0.39, 0.29) is 5.82 Å². The van der Waals surface area contributed by atoms with Crippen LogP contribution in [0.3, 0.4) is 0 Å². The van der Waals surface area contributed by atoms with Gasteiger partial charge in [0, 0.05) is 29.8 Å². The summed E-state index contributed by atoms with van der Waals surface area (Å²) in [6, 6.07) is 8.03. The molecule has 7 nitrogen and oxygen atoms in total. The van der Waals surface area contributed by atoms with Crippen LogP contribution in [0.15, 0.2) is 30.3 Å². The zero-order valence-corrected chi connectivity index (χ0v) is 14.0. The lowest BCUT2D eigenvalue weighted by Crippen LogP contribution is -2.29. The van der Waals surface area contributed by atoms with E-state index >= 15 is 0 Å². The van der Waals surface area contributed by atoms with Gasteiger partial charge in [0.1, 0.15) is 0 Å². The molecule has 2 N–H and O–H groups in total. The van der Waals surface area contributed by atoms with Crippen LogP contribution in [0.25, 0.3) is 0 Å². The van der Waals surface area contributed by atoms with Gasteiger partial charge in [-0.3, -0.25) is 4.72 Å². The van der Waals surface area contributed by atoms with Crippen molar-refractivity contribution in [3.8, 4) is 0 Å². The van der Waals surface area contributed by atoms with Crippen LogP contribution in [-0.2, 0) is 10.2 Å². The number of hydrogen-bond acceptors (Lipinski definition) is 5. The van der Waals surface area contributed by atoms with E-state index in [0.29, 0.717) is 21.6 Å². The number of anilines is 3. The molecular weight excluding hydrogens is 349 g/mol. The number of rotatable bonds is 5. The van der Waals surface area contributed by atoms with Crippen LogP contribution in [0, 0.1) is 0 Å². The summed E-state index contributed by atoms with van der Waals surface area (Å²) in [4.78, 5) is 0. The Bertz CT molecular complexity index is 745. The predicted molar refractivity (Wildman–Crippen MR) is 88.0 cm³/mol. The van der Waals surface area contributed by atoms with Crippen LogP contribution < -0.4 is 10.0 Å². The molecule has 0 amide bonds. The summed E-state index contributed by atoms with van der Waals surface area (Å²) in [6.07, 6.45) is 0. The molecule has 0 radical (unpaired) electrons. The maximum atomic E-state index is 11.7. The molecule has 0 unspecified atom stereocenters. The molecule has 2 rings (SSSR count). The van der Waals surface area contributed by atoms with Crippen molar-refractivity contribution >= 4 is 50.7 Å². The maximum Gasteiger partial charge on any atom is 0.302 e. The Balaban J connectivity index is 2.12. The molecule has 0 aliphatic rings. The summed E-state index contributed by atoms with van der Waals surface area (Å²) in [5.74, 6) is 0.537. The highest BCUT2D eigenvalue weighted by atomic mass is 35.5. The zero-order chi connectivity index (χ0) is 16.3. The fourth-order valence-electron chi connectivity index (χ4n) is 1.45. The third kappa shape index (κ3) is 4.44.